The largest absolute Gasteiger partial charge is 0.545 e. The smallest absolute Gasteiger partial charge is 0.306 e. The first-order valence-corrected chi connectivity index (χ1v) is 42.1. The minimum absolute atomic E-state index is 0.148. The number of unbranched alkanes of at least 4 members (excludes halogenated alkanes) is 52. The Bertz CT molecular complexity index is 1830. The van der Waals surface area contributed by atoms with E-state index in [0.29, 0.717) is 23.9 Å². The maximum Gasteiger partial charge on any atom is 0.306 e. The third-order valence-electron chi connectivity index (χ3n) is 18.9. The number of rotatable bonds is 79. The number of likely N-dealkylation sites (N-methyl/N-ethyl adjacent to an activating group) is 1. The average Bonchev–Trinajstić information content (AvgIpc) is 2.39. The van der Waals surface area contributed by atoms with Gasteiger partial charge in [0.2, 0.25) is 0 Å². The van der Waals surface area contributed by atoms with Crippen molar-refractivity contribution in [1.82, 2.24) is 0 Å². The molecule has 0 N–H and O–H groups in total. The molecule has 0 heterocycles. The normalized spacial score (nSPS) is 13.0. The quantitative estimate of drug-likeness (QED) is 0.0195. The van der Waals surface area contributed by atoms with Gasteiger partial charge in [-0.1, -0.05) is 389 Å². The van der Waals surface area contributed by atoms with E-state index in [1.165, 1.54) is 315 Å². The van der Waals surface area contributed by atoms with Gasteiger partial charge in [0.1, 0.15) is 13.2 Å². The molecule has 0 aromatic heterocycles. The monoisotopic (exact) mass is 1360 g/mol. The summed E-state index contributed by atoms with van der Waals surface area (Å²) in [4.78, 5) is 37.6. The number of carbonyl (C=O) groups is 3. The van der Waals surface area contributed by atoms with Crippen LogP contribution in [0.5, 0.6) is 0 Å². The van der Waals surface area contributed by atoms with E-state index in [1.54, 1.807) is 0 Å². The third-order valence-corrected chi connectivity index (χ3v) is 18.9. The second-order valence-electron chi connectivity index (χ2n) is 29.7. The SMILES string of the molecule is CC/C=C\C/C=C\C/C=C\C/C=C\C/C=C\CCCCCCCCCCCCCCCCCC(=O)OC(COC(=O)CCCCCCCCCCCCCCCCCCCCCCCCCCCCCCC/C=C\CCCCCCCCCC)COC(OCC[N+](C)(C)C)C(=O)[O-]. The second-order valence-corrected chi connectivity index (χ2v) is 29.7. The number of carboxylic acids is 1. The maximum absolute atomic E-state index is 13.0. The minimum Gasteiger partial charge on any atom is -0.545 e. The molecule has 0 aromatic carbocycles. The summed E-state index contributed by atoms with van der Waals surface area (Å²) in [6.07, 6.45) is 103. The molecule has 0 fully saturated rings. The first-order valence-electron chi connectivity index (χ1n) is 42.1. The predicted molar refractivity (Wildman–Crippen MR) is 417 cm³/mol. The maximum atomic E-state index is 13.0. The Hall–Kier alpha value is -3.27. The number of quaternary nitrogens is 1. The van der Waals surface area contributed by atoms with E-state index in [4.69, 9.17) is 18.9 Å². The summed E-state index contributed by atoms with van der Waals surface area (Å²) in [5.74, 6) is -2.26. The standard InChI is InChI=1S/C88H161NO8/c1-6-8-10-12-14-16-18-20-22-24-26-28-30-32-34-36-38-39-40-41-42-43-44-45-46-47-49-50-52-54-56-58-60-62-64-66-68-70-72-74-76-78-85(90)95-82-84(83-96-88(87(92)93)94-81-80-89(3,4)5)97-86(91)79-77-75-73-71-69-67-65-63-61-59-57-55-53-51-48-37-35-33-31-29-27-25-23-21-19-17-15-13-11-9-7-2/h9,11,15,17,21,23-24,26-27,29,33,35,84,88H,6-8,10,12-14,16,18-20,22,25,28,30-32,34,36-83H2,1-5H3/b11-9-,17-15-,23-21-,26-24-,29-27-,35-33-. The molecule has 0 saturated carbocycles. The number of esters is 2. The summed E-state index contributed by atoms with van der Waals surface area (Å²) < 4.78 is 22.9. The van der Waals surface area contributed by atoms with Crippen molar-refractivity contribution in [2.75, 3.05) is 47.5 Å². The van der Waals surface area contributed by atoms with Crippen LogP contribution >= 0.6 is 0 Å². The Morgan fingerprint density at radius 1 is 0.320 bits per heavy atom. The lowest BCUT2D eigenvalue weighted by Crippen LogP contribution is -2.44. The van der Waals surface area contributed by atoms with Gasteiger partial charge in [-0.15, -0.1) is 0 Å². The van der Waals surface area contributed by atoms with Crippen LogP contribution in [0.25, 0.3) is 0 Å². The van der Waals surface area contributed by atoms with Gasteiger partial charge in [-0.05, 0) is 83.5 Å². The third kappa shape index (κ3) is 79.9. The van der Waals surface area contributed by atoms with Gasteiger partial charge in [0, 0.05) is 12.8 Å². The number of allylic oxidation sites excluding steroid dienone is 12. The van der Waals surface area contributed by atoms with Crippen LogP contribution in [-0.4, -0.2) is 82.3 Å². The van der Waals surface area contributed by atoms with Crippen molar-refractivity contribution >= 4 is 17.9 Å². The zero-order valence-electron chi connectivity index (χ0n) is 65.0. The van der Waals surface area contributed by atoms with Gasteiger partial charge in [0.05, 0.1) is 40.3 Å². The molecule has 0 amide bonds. The molecule has 0 aromatic rings. The molecular formula is C88H161NO8. The van der Waals surface area contributed by atoms with Crippen molar-refractivity contribution in [3.63, 3.8) is 0 Å². The van der Waals surface area contributed by atoms with Gasteiger partial charge in [0.15, 0.2) is 12.4 Å². The number of hydrogen-bond acceptors (Lipinski definition) is 8. The molecule has 9 heteroatoms. The van der Waals surface area contributed by atoms with Gasteiger partial charge in [-0.2, -0.15) is 0 Å². The van der Waals surface area contributed by atoms with Crippen LogP contribution in [0.3, 0.4) is 0 Å². The van der Waals surface area contributed by atoms with E-state index in [2.05, 4.69) is 86.8 Å². The first kappa shape index (κ1) is 93.7. The van der Waals surface area contributed by atoms with Crippen molar-refractivity contribution in [3.8, 4) is 0 Å². The lowest BCUT2D eigenvalue weighted by Gasteiger charge is -2.26. The molecule has 9 nitrogen and oxygen atoms in total. The number of hydrogen-bond donors (Lipinski definition) is 0. The highest BCUT2D eigenvalue weighted by molar-refractivity contribution is 5.70. The molecule has 0 aliphatic carbocycles. The molecule has 2 unspecified atom stereocenters. The van der Waals surface area contributed by atoms with Crippen LogP contribution in [0.1, 0.15) is 412 Å². The van der Waals surface area contributed by atoms with Gasteiger partial charge in [-0.3, -0.25) is 9.59 Å². The highest BCUT2D eigenvalue weighted by atomic mass is 16.7. The molecule has 0 rings (SSSR count). The van der Waals surface area contributed by atoms with E-state index >= 15 is 0 Å². The molecule has 566 valence electrons. The second kappa shape index (κ2) is 78.4. The van der Waals surface area contributed by atoms with E-state index < -0.39 is 24.3 Å². The lowest BCUT2D eigenvalue weighted by molar-refractivity contribution is -0.870. The molecule has 0 aliphatic rings. The fourth-order valence-corrected chi connectivity index (χ4v) is 12.6. The van der Waals surface area contributed by atoms with Gasteiger partial charge >= 0.3 is 11.9 Å². The van der Waals surface area contributed by atoms with Crippen LogP contribution < -0.4 is 5.11 Å². The van der Waals surface area contributed by atoms with Crippen LogP contribution in [0, 0.1) is 0 Å². The molecular weight excluding hydrogens is 1200 g/mol. The summed E-state index contributed by atoms with van der Waals surface area (Å²) in [5.41, 5.74) is 0. The highest BCUT2D eigenvalue weighted by Gasteiger charge is 2.22. The predicted octanol–water partition coefficient (Wildman–Crippen LogP) is 25.8. The number of carbonyl (C=O) groups excluding carboxylic acids is 3. The van der Waals surface area contributed by atoms with E-state index in [0.717, 1.165) is 64.2 Å². The zero-order chi connectivity index (χ0) is 70.4. The Kier molecular flexibility index (Phi) is 75.8. The Morgan fingerprint density at radius 2 is 0.588 bits per heavy atom. The number of carboxylic acid groups (broad SMARTS) is 1. The minimum atomic E-state index is -1.62. The van der Waals surface area contributed by atoms with E-state index in [-0.39, 0.29) is 32.2 Å². The molecule has 97 heavy (non-hydrogen) atoms. The molecule has 0 saturated heterocycles. The summed E-state index contributed by atoms with van der Waals surface area (Å²) in [6, 6.07) is 0. The molecule has 0 spiro atoms. The molecule has 0 radical (unpaired) electrons. The van der Waals surface area contributed by atoms with Crippen LogP contribution in [0.15, 0.2) is 72.9 Å². The summed E-state index contributed by atoms with van der Waals surface area (Å²) in [7, 11) is 5.95. The first-order chi connectivity index (χ1) is 47.6. The number of aliphatic carboxylic acids is 1. The average molecular weight is 1360 g/mol. The Morgan fingerprint density at radius 3 is 0.887 bits per heavy atom. The van der Waals surface area contributed by atoms with Crippen LogP contribution in [0.2, 0.25) is 0 Å². The van der Waals surface area contributed by atoms with Crippen molar-refractivity contribution in [2.45, 2.75) is 424 Å². The fourth-order valence-electron chi connectivity index (χ4n) is 12.6. The van der Waals surface area contributed by atoms with Crippen molar-refractivity contribution in [1.29, 1.82) is 0 Å². The topological polar surface area (TPSA) is 111 Å². The van der Waals surface area contributed by atoms with Gasteiger partial charge in [-0.25, -0.2) is 0 Å². The van der Waals surface area contributed by atoms with Crippen LogP contribution in [0.4, 0.5) is 0 Å². The Balaban J connectivity index is 3.93. The lowest BCUT2D eigenvalue weighted by atomic mass is 10.0. The van der Waals surface area contributed by atoms with Gasteiger partial charge in [0.25, 0.3) is 0 Å². The summed E-state index contributed by atoms with van der Waals surface area (Å²) in [5, 5.41) is 11.9. The fraction of sp³-hybridized carbons (Fsp3) is 0.830. The zero-order valence-corrected chi connectivity index (χ0v) is 65.0. The number of ether oxygens (including phenoxy) is 4. The Labute approximate surface area is 602 Å². The van der Waals surface area contributed by atoms with Crippen LogP contribution in [-0.2, 0) is 33.3 Å². The molecule has 0 aliphatic heterocycles. The highest BCUT2D eigenvalue weighted by Crippen LogP contribution is 2.20. The van der Waals surface area contributed by atoms with Crippen molar-refractivity contribution in [2.24, 2.45) is 0 Å². The van der Waals surface area contributed by atoms with Crippen molar-refractivity contribution in [3.05, 3.63) is 72.9 Å². The van der Waals surface area contributed by atoms with E-state index in [1.807, 2.05) is 21.1 Å². The number of nitrogens with zero attached hydrogens (tertiary/aromatic N) is 1. The summed E-state index contributed by atoms with van der Waals surface area (Å²) >= 11 is 0. The van der Waals surface area contributed by atoms with Gasteiger partial charge < -0.3 is 33.3 Å². The molecule has 2 atom stereocenters. The van der Waals surface area contributed by atoms with Crippen molar-refractivity contribution < 1.29 is 42.9 Å². The summed E-state index contributed by atoms with van der Waals surface area (Å²) in [6.45, 7) is 4.70. The molecule has 0 bridgehead atoms. The van der Waals surface area contributed by atoms with E-state index in [9.17, 15) is 19.5 Å².